The quantitative estimate of drug-likeness (QED) is 0.0363. The lowest BCUT2D eigenvalue weighted by Crippen LogP contribution is -2.60. The van der Waals surface area contributed by atoms with E-state index >= 15 is 0 Å². The summed E-state index contributed by atoms with van der Waals surface area (Å²) in [7, 11) is 0. The number of phenolic OH excluding ortho intramolecular Hbond substituents is 1. The number of nitrogens with zero attached hydrogens (tertiary/aromatic N) is 3. The molecule has 0 aliphatic rings. The highest BCUT2D eigenvalue weighted by molar-refractivity contribution is 5.97. The monoisotopic (exact) mass is 833 g/mol. The first-order valence-corrected chi connectivity index (χ1v) is 19.1. The van der Waals surface area contributed by atoms with Crippen molar-refractivity contribution in [1.82, 2.24) is 56.5 Å². The molecule has 0 bridgehead atoms. The maximum absolute atomic E-state index is 14.1. The van der Waals surface area contributed by atoms with Crippen LogP contribution in [0.5, 0.6) is 5.75 Å². The number of aromatic nitrogens is 6. The fourth-order valence-corrected chi connectivity index (χ4v) is 6.04. The molecule has 0 aliphatic heterocycles. The highest BCUT2D eigenvalue weighted by Gasteiger charge is 2.35. The van der Waals surface area contributed by atoms with E-state index in [0.717, 1.165) is 0 Å². The predicted molar refractivity (Wildman–Crippen MR) is 212 cm³/mol. The molecule has 1 aromatic carbocycles. The van der Waals surface area contributed by atoms with E-state index in [-0.39, 0.29) is 44.3 Å². The number of benzene rings is 1. The van der Waals surface area contributed by atoms with Crippen LogP contribution in [0, 0.1) is 5.92 Å². The minimum absolute atomic E-state index is 0.0543. The molecule has 60 heavy (non-hydrogen) atoms. The Kier molecular flexibility index (Phi) is 16.8. The summed E-state index contributed by atoms with van der Waals surface area (Å²) in [6, 6.07) is -2.15. The van der Waals surface area contributed by atoms with Gasteiger partial charge in [-0.05, 0) is 30.0 Å². The molecule has 14 N–H and O–H groups in total. The van der Waals surface area contributed by atoms with E-state index in [1.807, 2.05) is 0 Å². The molecule has 6 amide bonds. The summed E-state index contributed by atoms with van der Waals surface area (Å²) in [6.07, 6.45) is 7.85. The zero-order chi connectivity index (χ0) is 43.8. The number of carbonyl (C=O) groups excluding carboxylic acids is 6. The van der Waals surface area contributed by atoms with Crippen molar-refractivity contribution in [1.29, 1.82) is 0 Å². The van der Waals surface area contributed by atoms with E-state index in [1.54, 1.807) is 13.8 Å². The van der Waals surface area contributed by atoms with Gasteiger partial charge in [0.1, 0.15) is 36.0 Å². The predicted octanol–water partition coefficient (Wildman–Crippen LogP) is -2.02. The SMILES string of the molecule is CC[C@H](C)[C@H](NC(=O)[C@@H](N)Cc1cnc[nH]1)C(=O)N[C@@H](CCC(N)=O)C(=O)N[C@@H](Cc1cnc[nH]1)C(=O)N[C@@H](Cc1ccc(O)cc1)C(=O)N[C@@H](Cc1cnc[nH]1)C(=O)O. The van der Waals surface area contributed by atoms with Gasteiger partial charge in [0.05, 0.1) is 25.0 Å². The van der Waals surface area contributed by atoms with Crippen LogP contribution in [-0.4, -0.2) is 118 Å². The van der Waals surface area contributed by atoms with Gasteiger partial charge in [-0.25, -0.2) is 19.7 Å². The van der Waals surface area contributed by atoms with Crippen LogP contribution in [0.25, 0.3) is 0 Å². The molecule has 0 unspecified atom stereocenters. The summed E-state index contributed by atoms with van der Waals surface area (Å²) in [6.45, 7) is 3.52. The number of H-pyrrole nitrogens is 3. The molecule has 0 aliphatic carbocycles. The molecule has 0 radical (unpaired) electrons. The number of hydrogen-bond donors (Lipinski definition) is 12. The molecule has 0 saturated carbocycles. The second kappa shape index (κ2) is 22.2. The number of carboxylic acids is 1. The minimum Gasteiger partial charge on any atom is -0.508 e. The standard InChI is InChI=1S/C38H51N13O9/c1-3-20(2)32(51-33(54)26(39)11-22-14-41-17-44-22)37(58)47-27(8-9-31(40)53)34(55)49-29(12-23-15-42-18-45-23)36(57)48-28(10-21-4-6-25(52)7-5-21)35(56)50-30(38(59)60)13-24-16-43-19-46-24/h4-7,14-20,26-30,32,52H,3,8-13,39H2,1-2H3,(H2,40,53)(H,41,44)(H,42,45)(H,43,46)(H,47,58)(H,48,57)(H,49,55)(H,50,56)(H,51,54)(H,59,60)/t20-,26-,27-,28-,29-,30-,32-/m0/s1. The number of nitrogens with two attached hydrogens (primary N) is 2. The first kappa shape index (κ1) is 45.6. The Hall–Kier alpha value is -7.10. The number of imidazole rings is 3. The molecular weight excluding hydrogens is 782 g/mol. The Morgan fingerprint density at radius 2 is 1.12 bits per heavy atom. The maximum atomic E-state index is 14.1. The number of primary amides is 1. The summed E-state index contributed by atoms with van der Waals surface area (Å²) in [5.41, 5.74) is 13.4. The summed E-state index contributed by atoms with van der Waals surface area (Å²) >= 11 is 0. The molecule has 0 fully saturated rings. The van der Waals surface area contributed by atoms with Crippen LogP contribution in [0.2, 0.25) is 0 Å². The first-order chi connectivity index (χ1) is 28.6. The number of aromatic amines is 3. The third kappa shape index (κ3) is 14.1. The van der Waals surface area contributed by atoms with Crippen molar-refractivity contribution in [2.75, 3.05) is 0 Å². The van der Waals surface area contributed by atoms with Crippen LogP contribution in [0.3, 0.4) is 0 Å². The van der Waals surface area contributed by atoms with Crippen molar-refractivity contribution in [2.45, 2.75) is 95.0 Å². The van der Waals surface area contributed by atoms with E-state index in [2.05, 4.69) is 56.5 Å². The van der Waals surface area contributed by atoms with Gasteiger partial charge in [0.15, 0.2) is 0 Å². The Labute approximate surface area is 343 Å². The van der Waals surface area contributed by atoms with Gasteiger partial charge in [0, 0.05) is 67.8 Å². The normalized spacial score (nSPS) is 14.6. The topological polar surface area (TPSA) is 358 Å². The van der Waals surface area contributed by atoms with Crippen molar-refractivity contribution in [3.63, 3.8) is 0 Å². The van der Waals surface area contributed by atoms with E-state index in [4.69, 9.17) is 11.5 Å². The van der Waals surface area contributed by atoms with Crippen molar-refractivity contribution < 1.29 is 43.8 Å². The second-order valence-electron chi connectivity index (χ2n) is 14.3. The summed E-state index contributed by atoms with van der Waals surface area (Å²) in [5.74, 6) is -6.68. The molecule has 4 aromatic rings. The van der Waals surface area contributed by atoms with E-state index in [1.165, 1.54) is 61.8 Å². The number of amides is 6. The van der Waals surface area contributed by atoms with Gasteiger partial charge in [0.25, 0.3) is 0 Å². The molecule has 322 valence electrons. The van der Waals surface area contributed by atoms with Gasteiger partial charge in [-0.2, -0.15) is 0 Å². The van der Waals surface area contributed by atoms with Crippen LogP contribution in [0.4, 0.5) is 0 Å². The number of aliphatic carboxylic acids is 1. The number of carbonyl (C=O) groups is 7. The zero-order valence-electron chi connectivity index (χ0n) is 33.0. The lowest BCUT2D eigenvalue weighted by Gasteiger charge is -2.28. The van der Waals surface area contributed by atoms with Crippen molar-refractivity contribution in [3.05, 3.63) is 84.5 Å². The Morgan fingerprint density at radius 1 is 0.650 bits per heavy atom. The van der Waals surface area contributed by atoms with Crippen LogP contribution in [0.1, 0.15) is 55.8 Å². The lowest BCUT2D eigenvalue weighted by molar-refractivity contribution is -0.142. The first-order valence-electron chi connectivity index (χ1n) is 19.1. The van der Waals surface area contributed by atoms with Crippen molar-refractivity contribution in [3.8, 4) is 5.75 Å². The number of rotatable bonds is 24. The van der Waals surface area contributed by atoms with E-state index in [9.17, 15) is 43.8 Å². The average molecular weight is 834 g/mol. The van der Waals surface area contributed by atoms with Crippen LogP contribution < -0.4 is 38.1 Å². The fourth-order valence-electron chi connectivity index (χ4n) is 6.04. The Bertz CT molecular complexity index is 2020. The number of nitrogens with one attached hydrogen (secondary N) is 8. The maximum Gasteiger partial charge on any atom is 0.326 e. The van der Waals surface area contributed by atoms with Crippen molar-refractivity contribution >= 4 is 41.4 Å². The van der Waals surface area contributed by atoms with Gasteiger partial charge < -0.3 is 63.2 Å². The number of hydrogen-bond acceptors (Lipinski definition) is 12. The third-order valence-corrected chi connectivity index (χ3v) is 9.65. The van der Waals surface area contributed by atoms with E-state index in [0.29, 0.717) is 29.1 Å². The van der Waals surface area contributed by atoms with Gasteiger partial charge in [0.2, 0.25) is 35.4 Å². The third-order valence-electron chi connectivity index (χ3n) is 9.65. The van der Waals surface area contributed by atoms with Gasteiger partial charge in [-0.3, -0.25) is 28.8 Å². The lowest BCUT2D eigenvalue weighted by atomic mass is 9.96. The van der Waals surface area contributed by atoms with Crippen LogP contribution >= 0.6 is 0 Å². The van der Waals surface area contributed by atoms with Gasteiger partial charge in [-0.15, -0.1) is 0 Å². The molecule has 3 heterocycles. The summed E-state index contributed by atoms with van der Waals surface area (Å²) < 4.78 is 0. The zero-order valence-corrected chi connectivity index (χ0v) is 33.0. The van der Waals surface area contributed by atoms with Crippen LogP contribution in [0.15, 0.2) is 61.8 Å². The molecule has 7 atom stereocenters. The largest absolute Gasteiger partial charge is 0.508 e. The molecular formula is C38H51N13O9. The molecule has 22 heteroatoms. The Morgan fingerprint density at radius 3 is 1.60 bits per heavy atom. The summed E-state index contributed by atoms with van der Waals surface area (Å²) in [4.78, 5) is 113. The molecule has 3 aromatic heterocycles. The van der Waals surface area contributed by atoms with Gasteiger partial charge >= 0.3 is 5.97 Å². The molecule has 0 spiro atoms. The minimum atomic E-state index is -1.45. The van der Waals surface area contributed by atoms with Crippen LogP contribution in [-0.2, 0) is 59.2 Å². The number of aromatic hydroxyl groups is 1. The number of carboxylic acid groups (broad SMARTS) is 1. The van der Waals surface area contributed by atoms with Crippen molar-refractivity contribution in [2.24, 2.45) is 17.4 Å². The van der Waals surface area contributed by atoms with E-state index < -0.39 is 83.6 Å². The van der Waals surface area contributed by atoms with Gasteiger partial charge in [-0.1, -0.05) is 32.4 Å². The second-order valence-corrected chi connectivity index (χ2v) is 14.3. The Balaban J connectivity index is 1.57. The number of phenols is 1. The molecule has 0 saturated heterocycles. The highest BCUT2D eigenvalue weighted by atomic mass is 16.4. The smallest absolute Gasteiger partial charge is 0.326 e. The molecule has 22 nitrogen and oxygen atoms in total. The average Bonchev–Trinajstić information content (AvgIpc) is 4.04. The highest BCUT2D eigenvalue weighted by Crippen LogP contribution is 2.14. The fraction of sp³-hybridized carbons (Fsp3) is 0.421. The molecule has 4 rings (SSSR count). The summed E-state index contributed by atoms with van der Waals surface area (Å²) in [5, 5.41) is 32.7.